The molecule has 72 valence electrons. The van der Waals surface area contributed by atoms with Gasteiger partial charge in [0, 0.05) is 15.9 Å². The molecule has 5 heteroatoms. The van der Waals surface area contributed by atoms with Crippen molar-refractivity contribution in [3.05, 3.63) is 34.3 Å². The third kappa shape index (κ3) is 2.82. The lowest BCUT2D eigenvalue weighted by atomic mass is 10.1. The van der Waals surface area contributed by atoms with Gasteiger partial charge in [0.15, 0.2) is 5.12 Å². The van der Waals surface area contributed by atoms with Crippen molar-refractivity contribution < 1.29 is 0 Å². The Morgan fingerprint density at radius 1 is 1.38 bits per heavy atom. The van der Waals surface area contributed by atoms with Gasteiger partial charge in [0.2, 0.25) is 0 Å². The fourth-order valence-corrected chi connectivity index (χ4v) is 1.91. The molecule has 2 nitrogen and oxygen atoms in total. The summed E-state index contributed by atoms with van der Waals surface area (Å²) in [6, 6.07) is 5.27. The van der Waals surface area contributed by atoms with Gasteiger partial charge >= 0.3 is 0 Å². The largest absolute Gasteiger partial charge is 0.297 e. The van der Waals surface area contributed by atoms with Gasteiger partial charge in [-0.05, 0) is 11.6 Å². The predicted octanol–water partition coefficient (Wildman–Crippen LogP) is 2.50. The molecule has 0 aliphatic carbocycles. The summed E-state index contributed by atoms with van der Waals surface area (Å²) in [7, 11) is 0. The number of hydrogen-bond acceptors (Lipinski definition) is 2. The maximum Gasteiger partial charge on any atom is 0.168 e. The molecule has 0 heterocycles. The lowest BCUT2D eigenvalue weighted by molar-refractivity contribution is 0.679. The first-order valence-electron chi connectivity index (χ1n) is 3.56. The highest BCUT2D eigenvalue weighted by atomic mass is 79.9. The molecule has 0 fully saturated rings. The first-order valence-corrected chi connectivity index (χ1v) is 5.44. The SMILES string of the molecule is NC(N)(Cl)c1ccc(CBr)c(Cl)c1. The van der Waals surface area contributed by atoms with Crippen molar-refractivity contribution in [2.24, 2.45) is 11.5 Å². The molecule has 1 rings (SSSR count). The van der Waals surface area contributed by atoms with Gasteiger partial charge < -0.3 is 0 Å². The zero-order valence-electron chi connectivity index (χ0n) is 6.73. The topological polar surface area (TPSA) is 52.0 Å². The highest BCUT2D eigenvalue weighted by Gasteiger charge is 2.18. The summed E-state index contributed by atoms with van der Waals surface area (Å²) in [5.41, 5.74) is 12.6. The quantitative estimate of drug-likeness (QED) is 0.498. The Labute approximate surface area is 95.3 Å². The molecular weight excluding hydrogens is 275 g/mol. The van der Waals surface area contributed by atoms with Crippen LogP contribution >= 0.6 is 39.1 Å². The molecular formula is C8H9BrCl2N2. The van der Waals surface area contributed by atoms with E-state index in [1.165, 1.54) is 0 Å². The van der Waals surface area contributed by atoms with E-state index in [0.717, 1.165) is 5.56 Å². The summed E-state index contributed by atoms with van der Waals surface area (Å²) in [6.45, 7) is 0. The van der Waals surface area contributed by atoms with Crippen molar-refractivity contribution in [1.29, 1.82) is 0 Å². The Kier molecular flexibility index (Phi) is 3.60. The van der Waals surface area contributed by atoms with Crippen LogP contribution in [0.4, 0.5) is 0 Å². The summed E-state index contributed by atoms with van der Waals surface area (Å²) in [6.07, 6.45) is 0. The highest BCUT2D eigenvalue weighted by molar-refractivity contribution is 9.08. The molecule has 0 unspecified atom stereocenters. The van der Waals surface area contributed by atoms with Crippen LogP contribution in [0.1, 0.15) is 11.1 Å². The molecule has 0 atom stereocenters. The Morgan fingerprint density at radius 2 is 2.00 bits per heavy atom. The fraction of sp³-hybridized carbons (Fsp3) is 0.250. The van der Waals surface area contributed by atoms with Crippen molar-refractivity contribution in [3.63, 3.8) is 0 Å². The van der Waals surface area contributed by atoms with Crippen molar-refractivity contribution in [3.8, 4) is 0 Å². The lowest BCUT2D eigenvalue weighted by Gasteiger charge is -2.17. The van der Waals surface area contributed by atoms with Gasteiger partial charge in [0.25, 0.3) is 0 Å². The molecule has 1 aromatic carbocycles. The van der Waals surface area contributed by atoms with Crippen LogP contribution in [0, 0.1) is 0 Å². The average Bonchev–Trinajstić information content (AvgIpc) is 2.02. The molecule has 1 aromatic rings. The monoisotopic (exact) mass is 282 g/mol. The molecule has 4 N–H and O–H groups in total. The molecule has 0 aliphatic rings. The van der Waals surface area contributed by atoms with Crippen molar-refractivity contribution in [2.45, 2.75) is 10.5 Å². The maximum absolute atomic E-state index is 5.94. The van der Waals surface area contributed by atoms with Gasteiger partial charge in [-0.1, -0.05) is 51.3 Å². The van der Waals surface area contributed by atoms with E-state index in [-0.39, 0.29) is 0 Å². The molecule has 0 bridgehead atoms. The summed E-state index contributed by atoms with van der Waals surface area (Å²) >= 11 is 15.0. The van der Waals surface area contributed by atoms with Crippen LogP contribution in [0.2, 0.25) is 5.02 Å². The Morgan fingerprint density at radius 3 is 2.38 bits per heavy atom. The minimum absolute atomic E-state index is 0.601. The summed E-state index contributed by atoms with van der Waals surface area (Å²) in [5, 5.41) is -0.0549. The van der Waals surface area contributed by atoms with Crippen LogP contribution < -0.4 is 11.5 Å². The second-order valence-corrected chi connectivity index (χ2v) is 4.30. The van der Waals surface area contributed by atoms with Crippen LogP contribution in [0.3, 0.4) is 0 Å². The smallest absolute Gasteiger partial charge is 0.168 e. The molecule has 0 amide bonds. The minimum Gasteiger partial charge on any atom is -0.297 e. The number of nitrogens with two attached hydrogens (primary N) is 2. The normalized spacial score (nSPS) is 11.8. The molecule has 0 aliphatic heterocycles. The zero-order valence-corrected chi connectivity index (χ0v) is 9.83. The van der Waals surface area contributed by atoms with E-state index in [0.29, 0.717) is 15.9 Å². The van der Waals surface area contributed by atoms with Gasteiger partial charge in [-0.2, -0.15) is 0 Å². The lowest BCUT2D eigenvalue weighted by Crippen LogP contribution is -2.39. The van der Waals surface area contributed by atoms with E-state index in [9.17, 15) is 0 Å². The molecule has 0 radical (unpaired) electrons. The second kappa shape index (κ2) is 4.15. The van der Waals surface area contributed by atoms with Crippen molar-refractivity contribution in [2.75, 3.05) is 0 Å². The molecule has 0 aromatic heterocycles. The van der Waals surface area contributed by atoms with Crippen LogP contribution in [-0.2, 0) is 10.5 Å². The minimum atomic E-state index is -1.35. The van der Waals surface area contributed by atoms with Crippen LogP contribution in [0.25, 0.3) is 0 Å². The van der Waals surface area contributed by atoms with Gasteiger partial charge in [0.1, 0.15) is 0 Å². The Balaban J connectivity index is 3.10. The summed E-state index contributed by atoms with van der Waals surface area (Å²) in [4.78, 5) is 0. The van der Waals surface area contributed by atoms with Gasteiger partial charge in [-0.25, -0.2) is 0 Å². The first kappa shape index (κ1) is 11.3. The van der Waals surface area contributed by atoms with Crippen LogP contribution in [0.15, 0.2) is 18.2 Å². The third-order valence-electron chi connectivity index (χ3n) is 1.64. The van der Waals surface area contributed by atoms with E-state index >= 15 is 0 Å². The molecule has 0 saturated carbocycles. The van der Waals surface area contributed by atoms with Gasteiger partial charge in [0.05, 0.1) is 0 Å². The molecule has 0 spiro atoms. The Bertz CT molecular complexity index is 310. The molecule has 0 saturated heterocycles. The zero-order chi connectivity index (χ0) is 10.1. The van der Waals surface area contributed by atoms with Crippen LogP contribution in [0.5, 0.6) is 0 Å². The number of alkyl halides is 2. The molecule has 13 heavy (non-hydrogen) atoms. The average molecular weight is 284 g/mol. The van der Waals surface area contributed by atoms with E-state index < -0.39 is 5.12 Å². The standard InChI is InChI=1S/C8H9BrCl2N2/c9-4-5-1-2-6(3-7(5)10)8(11,12)13/h1-3H,4,12-13H2. The predicted molar refractivity (Wildman–Crippen MR) is 60.0 cm³/mol. The van der Waals surface area contributed by atoms with E-state index in [2.05, 4.69) is 15.9 Å². The first-order chi connectivity index (χ1) is 5.95. The number of rotatable bonds is 2. The summed E-state index contributed by atoms with van der Waals surface area (Å²) < 4.78 is 0. The van der Waals surface area contributed by atoms with E-state index in [1.54, 1.807) is 12.1 Å². The highest BCUT2D eigenvalue weighted by Crippen LogP contribution is 2.25. The number of halogens is 3. The van der Waals surface area contributed by atoms with Crippen molar-refractivity contribution in [1.82, 2.24) is 0 Å². The summed E-state index contributed by atoms with van der Waals surface area (Å²) in [5.74, 6) is 0. The van der Waals surface area contributed by atoms with E-state index in [1.807, 2.05) is 6.07 Å². The van der Waals surface area contributed by atoms with Crippen LogP contribution in [-0.4, -0.2) is 0 Å². The van der Waals surface area contributed by atoms with E-state index in [4.69, 9.17) is 34.7 Å². The number of benzene rings is 1. The maximum atomic E-state index is 5.94. The van der Waals surface area contributed by atoms with Gasteiger partial charge in [-0.3, -0.25) is 11.5 Å². The second-order valence-electron chi connectivity index (χ2n) is 2.71. The van der Waals surface area contributed by atoms with Crippen molar-refractivity contribution >= 4 is 39.1 Å². The third-order valence-corrected chi connectivity index (χ3v) is 2.81. The van der Waals surface area contributed by atoms with Gasteiger partial charge in [-0.15, -0.1) is 0 Å². The number of hydrogen-bond donors (Lipinski definition) is 2. The Hall–Kier alpha value is 0.200. The fourth-order valence-electron chi connectivity index (χ4n) is 0.894.